The second kappa shape index (κ2) is 3.94. The van der Waals surface area contributed by atoms with E-state index < -0.39 is 6.10 Å². The van der Waals surface area contributed by atoms with Crippen molar-refractivity contribution in [3.05, 3.63) is 35.4 Å². The third-order valence-electron chi connectivity index (χ3n) is 1.77. The maximum absolute atomic E-state index is 9.47. The molecule has 0 spiro atoms. The van der Waals surface area contributed by atoms with Gasteiger partial charge in [0.25, 0.3) is 0 Å². The molecule has 1 atom stereocenters. The van der Waals surface area contributed by atoms with Crippen LogP contribution in [0.2, 0.25) is 0 Å². The van der Waals surface area contributed by atoms with E-state index >= 15 is 0 Å². The summed E-state index contributed by atoms with van der Waals surface area (Å²) in [5, 5.41) is 9.47. The molecule has 1 rings (SSSR count). The maximum Gasteiger partial charge on any atom is 0.0899 e. The van der Waals surface area contributed by atoms with Crippen LogP contribution in [-0.4, -0.2) is 5.11 Å². The van der Waals surface area contributed by atoms with Crippen LogP contribution in [0, 0.1) is 19.3 Å². The molecule has 62 valence electrons. The zero-order valence-electron chi connectivity index (χ0n) is 7.12. The Balaban J connectivity index is 2.76. The van der Waals surface area contributed by atoms with Crippen molar-refractivity contribution in [2.75, 3.05) is 0 Å². The highest BCUT2D eigenvalue weighted by Gasteiger charge is 2.03. The smallest absolute Gasteiger partial charge is 0.0899 e. The van der Waals surface area contributed by atoms with Crippen LogP contribution < -0.4 is 0 Å². The highest BCUT2D eigenvalue weighted by molar-refractivity contribution is 5.23. The number of aryl methyl sites for hydroxylation is 1. The fourth-order valence-electron chi connectivity index (χ4n) is 1.02. The van der Waals surface area contributed by atoms with Gasteiger partial charge in [0, 0.05) is 6.42 Å². The van der Waals surface area contributed by atoms with E-state index in [4.69, 9.17) is 6.42 Å². The van der Waals surface area contributed by atoms with Crippen LogP contribution in [0.3, 0.4) is 0 Å². The van der Waals surface area contributed by atoms with E-state index in [1.165, 1.54) is 5.56 Å². The first-order chi connectivity index (χ1) is 5.74. The molecule has 1 aromatic rings. The van der Waals surface area contributed by atoms with Crippen molar-refractivity contribution in [2.45, 2.75) is 19.4 Å². The maximum atomic E-state index is 9.47. The fraction of sp³-hybridized carbons (Fsp3) is 0.273. The van der Waals surface area contributed by atoms with E-state index in [1.807, 2.05) is 31.2 Å². The number of rotatable bonds is 2. The number of benzene rings is 1. The molecule has 0 fully saturated rings. The molecular formula is C11H12O. The topological polar surface area (TPSA) is 20.2 Å². The van der Waals surface area contributed by atoms with Gasteiger partial charge in [-0.15, -0.1) is 12.3 Å². The van der Waals surface area contributed by atoms with Crippen LogP contribution in [0.4, 0.5) is 0 Å². The van der Waals surface area contributed by atoms with Gasteiger partial charge in [0.2, 0.25) is 0 Å². The highest BCUT2D eigenvalue weighted by Crippen LogP contribution is 2.15. The standard InChI is InChI=1S/C11H12O/c1-3-4-11(12)10-7-5-9(2)6-8-10/h1,5-8,11-12H,4H2,2H3/t11-/m0/s1. The summed E-state index contributed by atoms with van der Waals surface area (Å²) >= 11 is 0. The lowest BCUT2D eigenvalue weighted by Crippen LogP contribution is -1.95. The van der Waals surface area contributed by atoms with Crippen molar-refractivity contribution < 1.29 is 5.11 Å². The molecule has 0 unspecified atom stereocenters. The highest BCUT2D eigenvalue weighted by atomic mass is 16.3. The van der Waals surface area contributed by atoms with Crippen molar-refractivity contribution >= 4 is 0 Å². The molecule has 0 saturated carbocycles. The van der Waals surface area contributed by atoms with E-state index in [2.05, 4.69) is 5.92 Å². The summed E-state index contributed by atoms with van der Waals surface area (Å²) in [6, 6.07) is 7.73. The lowest BCUT2D eigenvalue weighted by atomic mass is 10.1. The third-order valence-corrected chi connectivity index (χ3v) is 1.77. The van der Waals surface area contributed by atoms with Crippen LogP contribution in [0.25, 0.3) is 0 Å². The van der Waals surface area contributed by atoms with E-state index in [0.717, 1.165) is 5.56 Å². The Kier molecular flexibility index (Phi) is 2.90. The molecule has 0 bridgehead atoms. The second-order valence-corrected chi connectivity index (χ2v) is 2.83. The summed E-state index contributed by atoms with van der Waals surface area (Å²) in [5.41, 5.74) is 2.07. The molecule has 0 saturated heterocycles. The van der Waals surface area contributed by atoms with E-state index in [0.29, 0.717) is 6.42 Å². The molecule has 0 aliphatic carbocycles. The molecule has 1 aromatic carbocycles. The lowest BCUT2D eigenvalue weighted by molar-refractivity contribution is 0.184. The van der Waals surface area contributed by atoms with Crippen molar-refractivity contribution in [3.63, 3.8) is 0 Å². The Morgan fingerprint density at radius 1 is 1.42 bits per heavy atom. The van der Waals surface area contributed by atoms with Crippen molar-refractivity contribution in [1.29, 1.82) is 0 Å². The second-order valence-electron chi connectivity index (χ2n) is 2.83. The molecule has 1 N–H and O–H groups in total. The van der Waals surface area contributed by atoms with Gasteiger partial charge >= 0.3 is 0 Å². The van der Waals surface area contributed by atoms with Crippen molar-refractivity contribution in [2.24, 2.45) is 0 Å². The molecule has 0 aromatic heterocycles. The minimum absolute atomic E-state index is 0.378. The first-order valence-electron chi connectivity index (χ1n) is 3.92. The number of hydrogen-bond donors (Lipinski definition) is 1. The van der Waals surface area contributed by atoms with Gasteiger partial charge in [-0.25, -0.2) is 0 Å². The largest absolute Gasteiger partial charge is 0.387 e. The summed E-state index contributed by atoms with van der Waals surface area (Å²) in [6.45, 7) is 2.01. The van der Waals surface area contributed by atoms with E-state index in [1.54, 1.807) is 0 Å². The van der Waals surface area contributed by atoms with Crippen LogP contribution in [0.1, 0.15) is 23.7 Å². The van der Waals surface area contributed by atoms with Crippen molar-refractivity contribution in [1.82, 2.24) is 0 Å². The molecule has 12 heavy (non-hydrogen) atoms. The summed E-state index contributed by atoms with van der Waals surface area (Å²) in [6.07, 6.45) is 4.95. The minimum atomic E-state index is -0.518. The molecule has 0 amide bonds. The number of hydrogen-bond acceptors (Lipinski definition) is 1. The molecule has 0 aliphatic rings. The summed E-state index contributed by atoms with van der Waals surface area (Å²) in [4.78, 5) is 0. The van der Waals surface area contributed by atoms with E-state index in [9.17, 15) is 5.11 Å². The molecular weight excluding hydrogens is 148 g/mol. The molecule has 0 aliphatic heterocycles. The zero-order chi connectivity index (χ0) is 8.97. The molecule has 0 radical (unpaired) electrons. The van der Waals surface area contributed by atoms with Gasteiger partial charge < -0.3 is 5.11 Å². The van der Waals surface area contributed by atoms with Gasteiger partial charge in [-0.2, -0.15) is 0 Å². The Hall–Kier alpha value is -1.26. The number of aliphatic hydroxyl groups is 1. The van der Waals surface area contributed by atoms with Crippen LogP contribution >= 0.6 is 0 Å². The SMILES string of the molecule is C#CC[C@H](O)c1ccc(C)cc1. The first kappa shape index (κ1) is 8.83. The Labute approximate surface area is 73.0 Å². The van der Waals surface area contributed by atoms with Crippen LogP contribution in [-0.2, 0) is 0 Å². The predicted octanol–water partition coefficient (Wildman–Crippen LogP) is 2.05. The molecule has 1 heteroatoms. The molecule has 1 nitrogen and oxygen atoms in total. The lowest BCUT2D eigenvalue weighted by Gasteiger charge is -2.06. The van der Waals surface area contributed by atoms with Gasteiger partial charge in [0.15, 0.2) is 0 Å². The Bertz CT molecular complexity index is 279. The predicted molar refractivity (Wildman–Crippen MR) is 49.6 cm³/mol. The monoisotopic (exact) mass is 160 g/mol. The van der Waals surface area contributed by atoms with Crippen LogP contribution in [0.5, 0.6) is 0 Å². The van der Waals surface area contributed by atoms with Crippen LogP contribution in [0.15, 0.2) is 24.3 Å². The summed E-state index contributed by atoms with van der Waals surface area (Å²) in [7, 11) is 0. The minimum Gasteiger partial charge on any atom is -0.387 e. The van der Waals surface area contributed by atoms with Gasteiger partial charge in [-0.3, -0.25) is 0 Å². The summed E-state index contributed by atoms with van der Waals surface area (Å²) in [5.74, 6) is 2.43. The van der Waals surface area contributed by atoms with Crippen molar-refractivity contribution in [3.8, 4) is 12.3 Å². The average Bonchev–Trinajstić information content (AvgIpc) is 2.06. The van der Waals surface area contributed by atoms with Gasteiger partial charge in [-0.05, 0) is 12.5 Å². The zero-order valence-corrected chi connectivity index (χ0v) is 7.12. The molecule has 0 heterocycles. The Morgan fingerprint density at radius 3 is 2.50 bits per heavy atom. The van der Waals surface area contributed by atoms with Gasteiger partial charge in [0.05, 0.1) is 6.10 Å². The normalized spacial score (nSPS) is 12.1. The van der Waals surface area contributed by atoms with Gasteiger partial charge in [0.1, 0.15) is 0 Å². The number of aliphatic hydroxyl groups excluding tert-OH is 1. The fourth-order valence-corrected chi connectivity index (χ4v) is 1.02. The quantitative estimate of drug-likeness (QED) is 0.656. The van der Waals surface area contributed by atoms with Gasteiger partial charge in [-0.1, -0.05) is 29.8 Å². The number of terminal acetylenes is 1. The summed E-state index contributed by atoms with van der Waals surface area (Å²) < 4.78 is 0. The first-order valence-corrected chi connectivity index (χ1v) is 3.92. The third kappa shape index (κ3) is 2.11. The Morgan fingerprint density at radius 2 is 2.00 bits per heavy atom. The average molecular weight is 160 g/mol. The van der Waals surface area contributed by atoms with E-state index in [-0.39, 0.29) is 0 Å².